The minimum Gasteiger partial charge on any atom is -0.497 e. The number of ether oxygens (including phenoxy) is 2. The van der Waals surface area contributed by atoms with Gasteiger partial charge >= 0.3 is 0 Å². The van der Waals surface area contributed by atoms with E-state index < -0.39 is 0 Å². The number of benzene rings is 1. The predicted octanol–water partition coefficient (Wildman–Crippen LogP) is 3.94. The van der Waals surface area contributed by atoms with Gasteiger partial charge in [-0.25, -0.2) is 0 Å². The first-order chi connectivity index (χ1) is 9.67. The molecule has 114 valence electrons. The van der Waals surface area contributed by atoms with Crippen LogP contribution < -0.4 is 10.1 Å². The Balaban J connectivity index is 3.08. The van der Waals surface area contributed by atoms with Crippen LogP contribution in [0.4, 0.5) is 0 Å². The summed E-state index contributed by atoms with van der Waals surface area (Å²) in [5.41, 5.74) is 1.09. The quantitative estimate of drug-likeness (QED) is 0.742. The first-order valence-corrected chi connectivity index (χ1v) is 7.59. The average molecular weight is 279 g/mol. The molecule has 3 heteroatoms. The summed E-state index contributed by atoms with van der Waals surface area (Å²) in [5.74, 6) is 0.888. The van der Waals surface area contributed by atoms with E-state index in [1.54, 1.807) is 7.11 Å². The van der Waals surface area contributed by atoms with E-state index in [0.717, 1.165) is 31.6 Å². The van der Waals surface area contributed by atoms with E-state index in [-0.39, 0.29) is 11.6 Å². The monoisotopic (exact) mass is 279 g/mol. The molecule has 0 aliphatic rings. The van der Waals surface area contributed by atoms with Crippen LogP contribution in [0.25, 0.3) is 0 Å². The van der Waals surface area contributed by atoms with Gasteiger partial charge in [-0.15, -0.1) is 0 Å². The third kappa shape index (κ3) is 3.74. The van der Waals surface area contributed by atoms with Crippen LogP contribution in [0, 0.1) is 0 Å². The van der Waals surface area contributed by atoms with Crippen LogP contribution in [0.2, 0.25) is 0 Å². The van der Waals surface area contributed by atoms with Crippen LogP contribution in [0.15, 0.2) is 24.3 Å². The van der Waals surface area contributed by atoms with Gasteiger partial charge in [-0.1, -0.05) is 32.9 Å². The molecule has 3 nitrogen and oxygen atoms in total. The minimum absolute atomic E-state index is 0.163. The highest BCUT2D eigenvalue weighted by atomic mass is 16.5. The zero-order valence-electron chi connectivity index (χ0n) is 13.5. The summed E-state index contributed by atoms with van der Waals surface area (Å²) in [6.45, 7) is 7.56. The molecule has 0 heterocycles. The molecule has 1 aromatic rings. The van der Waals surface area contributed by atoms with E-state index >= 15 is 0 Å². The molecular weight excluding hydrogens is 250 g/mol. The summed E-state index contributed by atoms with van der Waals surface area (Å²) in [5, 5.41) is 3.65. The lowest BCUT2D eigenvalue weighted by Crippen LogP contribution is -2.45. The second-order valence-electron chi connectivity index (χ2n) is 5.14. The van der Waals surface area contributed by atoms with Crippen molar-refractivity contribution in [3.8, 4) is 5.75 Å². The minimum atomic E-state index is -0.163. The summed E-state index contributed by atoms with van der Waals surface area (Å²) < 4.78 is 11.2. The largest absolute Gasteiger partial charge is 0.497 e. The molecule has 0 spiro atoms. The van der Waals surface area contributed by atoms with Crippen LogP contribution in [-0.2, 0) is 4.74 Å². The molecular formula is C17H29NO2. The normalized spacial score (nSPS) is 13.2. The van der Waals surface area contributed by atoms with E-state index in [0.29, 0.717) is 0 Å². The second-order valence-corrected chi connectivity index (χ2v) is 5.14. The lowest BCUT2D eigenvalue weighted by atomic mass is 9.83. The van der Waals surface area contributed by atoms with Crippen molar-refractivity contribution in [3.63, 3.8) is 0 Å². The van der Waals surface area contributed by atoms with Gasteiger partial charge in [0.15, 0.2) is 0 Å². The molecule has 0 aliphatic heterocycles. The van der Waals surface area contributed by atoms with Gasteiger partial charge in [0.25, 0.3) is 0 Å². The molecule has 0 amide bonds. The van der Waals surface area contributed by atoms with Gasteiger partial charge in [-0.05, 0) is 43.5 Å². The smallest absolute Gasteiger partial charge is 0.118 e. The number of hydrogen-bond acceptors (Lipinski definition) is 3. The van der Waals surface area contributed by atoms with Crippen molar-refractivity contribution in [1.82, 2.24) is 5.32 Å². The van der Waals surface area contributed by atoms with Crippen molar-refractivity contribution < 1.29 is 9.47 Å². The molecule has 0 fully saturated rings. The number of methoxy groups -OCH3 is 2. The van der Waals surface area contributed by atoms with E-state index in [1.807, 2.05) is 19.2 Å². The molecule has 1 rings (SSSR count). The average Bonchev–Trinajstić information content (AvgIpc) is 2.52. The van der Waals surface area contributed by atoms with E-state index in [9.17, 15) is 0 Å². The van der Waals surface area contributed by atoms with Crippen molar-refractivity contribution in [2.75, 3.05) is 20.8 Å². The zero-order chi connectivity index (χ0) is 15.0. The second kappa shape index (κ2) is 8.28. The fourth-order valence-corrected chi connectivity index (χ4v) is 2.76. The van der Waals surface area contributed by atoms with Gasteiger partial charge in [-0.2, -0.15) is 0 Å². The van der Waals surface area contributed by atoms with Gasteiger partial charge in [0, 0.05) is 7.11 Å². The first kappa shape index (κ1) is 17.0. The standard InChI is InChI=1S/C17H29NO2/c1-6-13-18-16(17(7-2,8-3)20-5)14-9-11-15(19-4)12-10-14/h9-12,16,18H,6-8,13H2,1-5H3. The Labute approximate surface area is 123 Å². The predicted molar refractivity (Wildman–Crippen MR) is 84.4 cm³/mol. The third-order valence-corrected chi connectivity index (χ3v) is 4.18. The van der Waals surface area contributed by atoms with Crippen molar-refractivity contribution in [1.29, 1.82) is 0 Å². The summed E-state index contributed by atoms with van der Waals surface area (Å²) >= 11 is 0. The Bertz CT molecular complexity index is 363. The Morgan fingerprint density at radius 3 is 2.05 bits per heavy atom. The lowest BCUT2D eigenvalue weighted by Gasteiger charge is -2.39. The lowest BCUT2D eigenvalue weighted by molar-refractivity contribution is -0.0485. The summed E-state index contributed by atoms with van der Waals surface area (Å²) in [6, 6.07) is 8.49. The summed E-state index contributed by atoms with van der Waals surface area (Å²) in [4.78, 5) is 0. The first-order valence-electron chi connectivity index (χ1n) is 7.59. The molecule has 0 aliphatic carbocycles. The molecule has 1 aromatic carbocycles. The summed E-state index contributed by atoms with van der Waals surface area (Å²) in [7, 11) is 3.51. The topological polar surface area (TPSA) is 30.5 Å². The Kier molecular flexibility index (Phi) is 7.03. The van der Waals surface area contributed by atoms with Gasteiger partial charge in [0.05, 0.1) is 18.8 Å². The number of rotatable bonds is 9. The van der Waals surface area contributed by atoms with E-state index in [2.05, 4.69) is 38.2 Å². The van der Waals surface area contributed by atoms with Crippen LogP contribution in [0.5, 0.6) is 5.75 Å². The SMILES string of the molecule is CCCNC(c1ccc(OC)cc1)C(CC)(CC)OC. The molecule has 1 atom stereocenters. The maximum Gasteiger partial charge on any atom is 0.118 e. The highest BCUT2D eigenvalue weighted by molar-refractivity contribution is 5.30. The Hall–Kier alpha value is -1.06. The van der Waals surface area contributed by atoms with Crippen molar-refractivity contribution in [2.24, 2.45) is 0 Å². The molecule has 0 saturated heterocycles. The molecule has 0 bridgehead atoms. The van der Waals surface area contributed by atoms with Crippen LogP contribution in [0.3, 0.4) is 0 Å². The fraction of sp³-hybridized carbons (Fsp3) is 0.647. The van der Waals surface area contributed by atoms with Gasteiger partial charge in [-0.3, -0.25) is 0 Å². The molecule has 1 N–H and O–H groups in total. The van der Waals surface area contributed by atoms with Crippen molar-refractivity contribution in [2.45, 2.75) is 51.7 Å². The third-order valence-electron chi connectivity index (χ3n) is 4.18. The molecule has 1 unspecified atom stereocenters. The van der Waals surface area contributed by atoms with Gasteiger partial charge in [0.1, 0.15) is 5.75 Å². The van der Waals surface area contributed by atoms with Gasteiger partial charge < -0.3 is 14.8 Å². The maximum atomic E-state index is 5.91. The summed E-state index contributed by atoms with van der Waals surface area (Å²) in [6.07, 6.45) is 3.07. The molecule has 0 saturated carbocycles. The van der Waals surface area contributed by atoms with E-state index in [4.69, 9.17) is 9.47 Å². The Morgan fingerprint density at radius 2 is 1.65 bits per heavy atom. The number of nitrogens with one attached hydrogen (secondary N) is 1. The van der Waals surface area contributed by atoms with Crippen LogP contribution in [-0.4, -0.2) is 26.4 Å². The molecule has 20 heavy (non-hydrogen) atoms. The Morgan fingerprint density at radius 1 is 1.05 bits per heavy atom. The molecule has 0 aromatic heterocycles. The zero-order valence-corrected chi connectivity index (χ0v) is 13.5. The maximum absolute atomic E-state index is 5.91. The number of hydrogen-bond donors (Lipinski definition) is 1. The van der Waals surface area contributed by atoms with Crippen molar-refractivity contribution >= 4 is 0 Å². The van der Waals surface area contributed by atoms with E-state index in [1.165, 1.54) is 5.56 Å². The fourth-order valence-electron chi connectivity index (χ4n) is 2.76. The highest BCUT2D eigenvalue weighted by Gasteiger charge is 2.36. The highest BCUT2D eigenvalue weighted by Crippen LogP contribution is 2.35. The van der Waals surface area contributed by atoms with Crippen LogP contribution in [0.1, 0.15) is 51.6 Å². The van der Waals surface area contributed by atoms with Gasteiger partial charge in [0.2, 0.25) is 0 Å². The van der Waals surface area contributed by atoms with Crippen LogP contribution >= 0.6 is 0 Å². The van der Waals surface area contributed by atoms with Crippen molar-refractivity contribution in [3.05, 3.63) is 29.8 Å². The molecule has 0 radical (unpaired) electrons.